The molecule has 0 unspecified atom stereocenters. The average Bonchev–Trinajstić information content (AvgIpc) is 3.10. The van der Waals surface area contributed by atoms with Gasteiger partial charge in [0.1, 0.15) is 11.6 Å². The fraction of sp³-hybridized carbons (Fsp3) is 0.522. The molecule has 0 fully saturated rings. The summed E-state index contributed by atoms with van der Waals surface area (Å²) in [5.74, 6) is 1.40. The van der Waals surface area contributed by atoms with Gasteiger partial charge in [-0.2, -0.15) is 4.31 Å². The minimum absolute atomic E-state index is 0.123. The van der Waals surface area contributed by atoms with Gasteiger partial charge in [0.05, 0.1) is 22.8 Å². The van der Waals surface area contributed by atoms with E-state index < -0.39 is 10.0 Å². The van der Waals surface area contributed by atoms with Gasteiger partial charge in [-0.25, -0.2) is 17.9 Å². The lowest BCUT2D eigenvalue weighted by atomic mass is 10.2. The number of hydrogen-bond donors (Lipinski definition) is 1. The minimum Gasteiger partial charge on any atom is -0.493 e. The molecule has 0 saturated heterocycles. The lowest BCUT2D eigenvalue weighted by molar-refractivity contribution is 0.341. The molecule has 10 heteroatoms. The van der Waals surface area contributed by atoms with Crippen molar-refractivity contribution in [1.82, 2.24) is 23.9 Å². The van der Waals surface area contributed by atoms with Crippen molar-refractivity contribution < 1.29 is 13.2 Å². The van der Waals surface area contributed by atoms with Crippen LogP contribution < -0.4 is 10.3 Å². The van der Waals surface area contributed by atoms with E-state index >= 15 is 0 Å². The van der Waals surface area contributed by atoms with Crippen molar-refractivity contribution in [2.24, 2.45) is 0 Å². The van der Waals surface area contributed by atoms with Gasteiger partial charge in [-0.3, -0.25) is 4.79 Å². The van der Waals surface area contributed by atoms with Gasteiger partial charge in [0.25, 0.3) is 5.56 Å². The molecule has 3 aromatic rings. The predicted octanol–water partition coefficient (Wildman–Crippen LogP) is 3.55. The first-order valence-corrected chi connectivity index (χ1v) is 13.0. The third kappa shape index (κ3) is 4.96. The third-order valence-electron chi connectivity index (χ3n) is 5.60. The number of hydrogen-bond acceptors (Lipinski definition) is 6. The van der Waals surface area contributed by atoms with E-state index in [0.29, 0.717) is 54.5 Å². The highest BCUT2D eigenvalue weighted by Gasteiger charge is 2.24. The van der Waals surface area contributed by atoms with Crippen LogP contribution in [0.2, 0.25) is 0 Å². The number of aromatic nitrogens is 4. The Morgan fingerprint density at radius 2 is 1.85 bits per heavy atom. The van der Waals surface area contributed by atoms with Crippen molar-refractivity contribution >= 4 is 15.5 Å². The number of fused-ring (bicyclic) bond motifs is 1. The van der Waals surface area contributed by atoms with Crippen LogP contribution >= 0.6 is 0 Å². The number of aryl methyl sites for hydroxylation is 2. The summed E-state index contributed by atoms with van der Waals surface area (Å²) >= 11 is 0. The van der Waals surface area contributed by atoms with Crippen molar-refractivity contribution in [1.29, 1.82) is 0 Å². The first kappa shape index (κ1) is 24.9. The van der Waals surface area contributed by atoms with Crippen LogP contribution in [0.3, 0.4) is 0 Å². The Labute approximate surface area is 194 Å². The second-order valence-electron chi connectivity index (χ2n) is 7.81. The lowest BCUT2D eigenvalue weighted by Crippen LogP contribution is -2.30. The molecule has 2 aromatic heterocycles. The smallest absolute Gasteiger partial charge is 0.277 e. The van der Waals surface area contributed by atoms with Crippen molar-refractivity contribution in [2.45, 2.75) is 65.2 Å². The quantitative estimate of drug-likeness (QED) is 0.425. The summed E-state index contributed by atoms with van der Waals surface area (Å²) in [6.07, 6.45) is 3.78. The van der Waals surface area contributed by atoms with Crippen LogP contribution in [0.4, 0.5) is 0 Å². The van der Waals surface area contributed by atoms with Crippen LogP contribution in [-0.2, 0) is 16.4 Å². The zero-order chi connectivity index (χ0) is 24.2. The number of nitrogens with zero attached hydrogens (tertiary/aromatic N) is 4. The molecule has 3 rings (SSSR count). The van der Waals surface area contributed by atoms with E-state index in [9.17, 15) is 13.2 Å². The largest absolute Gasteiger partial charge is 0.493 e. The second kappa shape index (κ2) is 10.5. The van der Waals surface area contributed by atoms with Crippen LogP contribution in [0.1, 0.15) is 58.5 Å². The Morgan fingerprint density at radius 3 is 2.48 bits per heavy atom. The SMILES string of the molecule is CCCCCc1nc(C)c2c(=O)[nH]c(-c3cc(S(=O)(=O)N(CC)CC)ccc3OCC)nn12. The molecule has 1 N–H and O–H groups in total. The summed E-state index contributed by atoms with van der Waals surface area (Å²) in [7, 11) is -3.70. The highest BCUT2D eigenvalue weighted by atomic mass is 32.2. The van der Waals surface area contributed by atoms with Gasteiger partial charge in [0.2, 0.25) is 10.0 Å². The number of sulfonamides is 1. The number of unbranched alkanes of at least 4 members (excludes halogenated alkanes) is 2. The standard InChI is InChI=1S/C23H33N5O4S/c1-6-10-11-12-20-24-16(5)21-23(29)25-22(26-28(20)21)18-15-17(13-14-19(18)32-9-4)33(30,31)27(7-2)8-3/h13-15H,6-12H2,1-5H3,(H,25,26,29). The molecule has 33 heavy (non-hydrogen) atoms. The Morgan fingerprint density at radius 1 is 1.12 bits per heavy atom. The Bertz CT molecular complexity index is 1280. The normalized spacial score (nSPS) is 12.1. The summed E-state index contributed by atoms with van der Waals surface area (Å²) in [6.45, 7) is 10.5. The van der Waals surface area contributed by atoms with Crippen LogP contribution in [0.25, 0.3) is 16.9 Å². The van der Waals surface area contributed by atoms with E-state index in [1.165, 1.54) is 16.4 Å². The molecule has 0 bridgehead atoms. The molecule has 0 amide bonds. The van der Waals surface area contributed by atoms with Gasteiger partial charge in [-0.1, -0.05) is 33.6 Å². The van der Waals surface area contributed by atoms with Crippen LogP contribution in [-0.4, -0.2) is 52.0 Å². The molecule has 0 aliphatic heterocycles. The molecule has 0 aliphatic carbocycles. The number of H-pyrrole nitrogens is 1. The molecule has 180 valence electrons. The summed E-state index contributed by atoms with van der Waals surface area (Å²) in [5.41, 5.74) is 1.10. The van der Waals surface area contributed by atoms with E-state index in [2.05, 4.69) is 22.0 Å². The Kier molecular flexibility index (Phi) is 7.91. The van der Waals surface area contributed by atoms with Gasteiger partial charge >= 0.3 is 0 Å². The number of nitrogens with one attached hydrogen (secondary N) is 1. The zero-order valence-electron chi connectivity index (χ0n) is 20.0. The second-order valence-corrected chi connectivity index (χ2v) is 9.75. The fourth-order valence-electron chi connectivity index (χ4n) is 3.90. The topological polar surface area (TPSA) is 110 Å². The number of imidazole rings is 1. The van der Waals surface area contributed by atoms with Crippen LogP contribution in [0, 0.1) is 6.92 Å². The molecular formula is C23H33N5O4S. The Balaban J connectivity index is 2.20. The van der Waals surface area contributed by atoms with Crippen molar-refractivity contribution in [3.05, 3.63) is 40.1 Å². The Hall–Kier alpha value is -2.72. The van der Waals surface area contributed by atoms with Gasteiger partial charge in [-0.15, -0.1) is 5.10 Å². The van der Waals surface area contributed by atoms with E-state index in [4.69, 9.17) is 4.74 Å². The lowest BCUT2D eigenvalue weighted by Gasteiger charge is -2.19. The van der Waals surface area contributed by atoms with E-state index in [1.807, 2.05) is 6.92 Å². The van der Waals surface area contributed by atoms with E-state index in [-0.39, 0.29) is 16.3 Å². The molecular weight excluding hydrogens is 442 g/mol. The average molecular weight is 476 g/mol. The number of rotatable bonds is 11. The minimum atomic E-state index is -3.70. The van der Waals surface area contributed by atoms with E-state index in [0.717, 1.165) is 19.3 Å². The van der Waals surface area contributed by atoms with Gasteiger partial charge < -0.3 is 9.72 Å². The summed E-state index contributed by atoms with van der Waals surface area (Å²) in [6, 6.07) is 4.65. The van der Waals surface area contributed by atoms with Crippen molar-refractivity contribution in [2.75, 3.05) is 19.7 Å². The monoisotopic (exact) mass is 475 g/mol. The first-order chi connectivity index (χ1) is 15.8. The molecule has 9 nitrogen and oxygen atoms in total. The highest BCUT2D eigenvalue weighted by Crippen LogP contribution is 2.31. The number of benzene rings is 1. The van der Waals surface area contributed by atoms with Crippen LogP contribution in [0.15, 0.2) is 27.9 Å². The highest BCUT2D eigenvalue weighted by molar-refractivity contribution is 7.89. The van der Waals surface area contributed by atoms with Crippen LogP contribution in [0.5, 0.6) is 5.75 Å². The fourth-order valence-corrected chi connectivity index (χ4v) is 5.39. The number of ether oxygens (including phenoxy) is 1. The molecule has 0 atom stereocenters. The maximum absolute atomic E-state index is 13.1. The summed E-state index contributed by atoms with van der Waals surface area (Å²) in [4.78, 5) is 20.5. The molecule has 0 saturated carbocycles. The summed E-state index contributed by atoms with van der Waals surface area (Å²) in [5, 5.41) is 4.67. The van der Waals surface area contributed by atoms with E-state index in [1.54, 1.807) is 31.4 Å². The van der Waals surface area contributed by atoms with Gasteiger partial charge in [0, 0.05) is 19.5 Å². The maximum Gasteiger partial charge on any atom is 0.277 e. The summed E-state index contributed by atoms with van der Waals surface area (Å²) < 4.78 is 34.9. The number of aromatic amines is 1. The molecule has 0 radical (unpaired) electrons. The van der Waals surface area contributed by atoms with Gasteiger partial charge in [-0.05, 0) is 38.5 Å². The van der Waals surface area contributed by atoms with Crippen molar-refractivity contribution in [3.63, 3.8) is 0 Å². The van der Waals surface area contributed by atoms with Gasteiger partial charge in [0.15, 0.2) is 11.3 Å². The zero-order valence-corrected chi connectivity index (χ0v) is 20.8. The molecule has 2 heterocycles. The molecule has 0 spiro atoms. The molecule has 0 aliphatic rings. The molecule has 1 aromatic carbocycles. The van der Waals surface area contributed by atoms with Crippen molar-refractivity contribution in [3.8, 4) is 17.1 Å². The third-order valence-corrected chi connectivity index (χ3v) is 7.64. The maximum atomic E-state index is 13.1. The first-order valence-electron chi connectivity index (χ1n) is 11.5. The predicted molar refractivity (Wildman–Crippen MR) is 128 cm³/mol.